The Morgan fingerprint density at radius 3 is 2.12 bits per heavy atom. The molecule has 1 aliphatic heterocycles. The van der Waals surface area contributed by atoms with Crippen molar-refractivity contribution in [3.63, 3.8) is 0 Å². The molecule has 3 nitrogen and oxygen atoms in total. The van der Waals surface area contributed by atoms with Crippen LogP contribution in [0, 0.1) is 5.92 Å². The lowest BCUT2D eigenvalue weighted by atomic mass is 9.85. The second-order valence-corrected chi connectivity index (χ2v) is 7.99. The first-order valence-corrected chi connectivity index (χ1v) is 9.76. The van der Waals surface area contributed by atoms with Gasteiger partial charge in [0, 0.05) is 28.6 Å². The molecule has 5 heteroatoms. The summed E-state index contributed by atoms with van der Waals surface area (Å²) in [7, 11) is 0. The zero-order valence-electron chi connectivity index (χ0n) is 14.4. The van der Waals surface area contributed by atoms with Gasteiger partial charge in [0.2, 0.25) is 5.91 Å². The van der Waals surface area contributed by atoms with Gasteiger partial charge in [-0.25, -0.2) is 0 Å². The fourth-order valence-electron chi connectivity index (χ4n) is 4.02. The predicted octanol–water partition coefficient (Wildman–Crippen LogP) is 4.59. The summed E-state index contributed by atoms with van der Waals surface area (Å²) in [6.07, 6.45) is 3.03. The lowest BCUT2D eigenvalue weighted by Gasteiger charge is -2.20. The average Bonchev–Trinajstić information content (AvgIpc) is 3.18. The van der Waals surface area contributed by atoms with E-state index in [1.165, 1.54) is 0 Å². The zero-order chi connectivity index (χ0) is 18.1. The number of amides is 1. The van der Waals surface area contributed by atoms with Gasteiger partial charge in [-0.15, -0.1) is 0 Å². The Balaban J connectivity index is 1.57. The molecular weight excluding hydrogens is 369 g/mol. The van der Waals surface area contributed by atoms with Crippen molar-refractivity contribution in [2.75, 3.05) is 13.2 Å². The molecule has 2 fully saturated rings. The molecule has 0 spiro atoms. The molecule has 1 heterocycles. The van der Waals surface area contributed by atoms with Crippen molar-refractivity contribution < 1.29 is 9.53 Å². The fraction of sp³-hybridized carbons (Fsp3) is 0.381. The van der Waals surface area contributed by atoms with E-state index < -0.39 is 0 Å². The topological polar surface area (TPSA) is 38.3 Å². The first-order chi connectivity index (χ1) is 12.6. The smallest absolute Gasteiger partial charge is 0.224 e. The third-order valence-corrected chi connectivity index (χ3v) is 6.03. The lowest BCUT2D eigenvalue weighted by Crippen LogP contribution is -2.34. The summed E-state index contributed by atoms with van der Waals surface area (Å²) in [6.45, 7) is 1.39. The van der Waals surface area contributed by atoms with Gasteiger partial charge in [-0.2, -0.15) is 0 Å². The minimum absolute atomic E-state index is 0.0883. The number of hydrogen-bond donors (Lipinski definition) is 1. The SMILES string of the molecule is O=C(NC[C@H]1CCCO1)[C@@H]1CC1(c1ccc(Cl)cc1)c1ccc(Cl)cc1. The Hall–Kier alpha value is -1.55. The third kappa shape index (κ3) is 3.36. The second kappa shape index (κ2) is 7.22. The summed E-state index contributed by atoms with van der Waals surface area (Å²) in [5.74, 6) is -0.00310. The van der Waals surface area contributed by atoms with Gasteiger partial charge in [-0.05, 0) is 54.7 Å². The van der Waals surface area contributed by atoms with Crippen LogP contribution in [0.1, 0.15) is 30.4 Å². The van der Waals surface area contributed by atoms with E-state index in [1.807, 2.05) is 48.5 Å². The minimum Gasteiger partial charge on any atom is -0.376 e. The van der Waals surface area contributed by atoms with Gasteiger partial charge in [0.1, 0.15) is 0 Å². The van der Waals surface area contributed by atoms with Crippen LogP contribution in [0.2, 0.25) is 10.0 Å². The number of carbonyl (C=O) groups is 1. The number of rotatable bonds is 5. The molecule has 26 heavy (non-hydrogen) atoms. The number of ether oxygens (including phenoxy) is 1. The maximum atomic E-state index is 12.8. The van der Waals surface area contributed by atoms with E-state index in [-0.39, 0.29) is 23.3 Å². The van der Waals surface area contributed by atoms with Crippen LogP contribution in [-0.4, -0.2) is 25.2 Å². The molecule has 1 saturated heterocycles. The summed E-state index contributed by atoms with van der Waals surface area (Å²) in [5.41, 5.74) is 1.92. The Bertz CT molecular complexity index is 737. The molecule has 2 aromatic rings. The van der Waals surface area contributed by atoms with Crippen molar-refractivity contribution in [1.29, 1.82) is 0 Å². The molecule has 2 aliphatic rings. The molecule has 1 saturated carbocycles. The van der Waals surface area contributed by atoms with Crippen LogP contribution >= 0.6 is 23.2 Å². The molecule has 1 amide bonds. The number of benzene rings is 2. The average molecular weight is 390 g/mol. The highest BCUT2D eigenvalue weighted by atomic mass is 35.5. The van der Waals surface area contributed by atoms with Crippen molar-refractivity contribution in [3.8, 4) is 0 Å². The highest BCUT2D eigenvalue weighted by Gasteiger charge is 2.60. The third-order valence-electron chi connectivity index (χ3n) is 5.52. The van der Waals surface area contributed by atoms with Gasteiger partial charge in [-0.1, -0.05) is 47.5 Å². The van der Waals surface area contributed by atoms with E-state index in [1.54, 1.807) is 0 Å². The van der Waals surface area contributed by atoms with Crippen LogP contribution in [0.15, 0.2) is 48.5 Å². The largest absolute Gasteiger partial charge is 0.376 e. The summed E-state index contributed by atoms with van der Waals surface area (Å²) < 4.78 is 5.61. The maximum Gasteiger partial charge on any atom is 0.224 e. The molecule has 2 aromatic carbocycles. The molecule has 1 aliphatic carbocycles. The van der Waals surface area contributed by atoms with Crippen LogP contribution in [-0.2, 0) is 14.9 Å². The molecule has 1 N–H and O–H groups in total. The quantitative estimate of drug-likeness (QED) is 0.811. The van der Waals surface area contributed by atoms with Gasteiger partial charge in [0.25, 0.3) is 0 Å². The van der Waals surface area contributed by atoms with Crippen LogP contribution in [0.4, 0.5) is 0 Å². The van der Waals surface area contributed by atoms with Crippen LogP contribution in [0.3, 0.4) is 0 Å². The van der Waals surface area contributed by atoms with Gasteiger partial charge >= 0.3 is 0 Å². The predicted molar refractivity (Wildman–Crippen MR) is 104 cm³/mol. The minimum atomic E-state index is -0.310. The molecule has 2 atom stereocenters. The number of nitrogens with one attached hydrogen (secondary N) is 1. The van der Waals surface area contributed by atoms with Crippen molar-refractivity contribution in [1.82, 2.24) is 5.32 Å². The second-order valence-electron chi connectivity index (χ2n) is 7.12. The van der Waals surface area contributed by atoms with Gasteiger partial charge in [0.15, 0.2) is 0 Å². The Morgan fingerprint density at radius 1 is 1.04 bits per heavy atom. The van der Waals surface area contributed by atoms with Crippen molar-refractivity contribution in [2.45, 2.75) is 30.8 Å². The molecular formula is C21H21Cl2NO2. The van der Waals surface area contributed by atoms with E-state index in [0.29, 0.717) is 16.6 Å². The van der Waals surface area contributed by atoms with E-state index in [9.17, 15) is 4.79 Å². The molecule has 136 valence electrons. The summed E-state index contributed by atoms with van der Waals surface area (Å²) in [6, 6.07) is 15.6. The van der Waals surface area contributed by atoms with Gasteiger partial charge < -0.3 is 10.1 Å². The molecule has 0 bridgehead atoms. The van der Waals surface area contributed by atoms with E-state index in [2.05, 4.69) is 5.32 Å². The first-order valence-electron chi connectivity index (χ1n) is 9.01. The number of carbonyl (C=O) groups excluding carboxylic acids is 1. The van der Waals surface area contributed by atoms with E-state index >= 15 is 0 Å². The normalized spacial score (nSPS) is 23.6. The zero-order valence-corrected chi connectivity index (χ0v) is 15.9. The first kappa shape index (κ1) is 17.8. The van der Waals surface area contributed by atoms with Crippen molar-refractivity contribution in [2.24, 2.45) is 5.92 Å². The maximum absolute atomic E-state index is 12.8. The fourth-order valence-corrected chi connectivity index (χ4v) is 4.27. The Kier molecular flexibility index (Phi) is 4.96. The Morgan fingerprint density at radius 2 is 1.62 bits per heavy atom. The molecule has 0 radical (unpaired) electrons. The van der Waals surface area contributed by atoms with Gasteiger partial charge in [-0.3, -0.25) is 4.79 Å². The van der Waals surface area contributed by atoms with Crippen molar-refractivity contribution >= 4 is 29.1 Å². The van der Waals surface area contributed by atoms with E-state index in [0.717, 1.165) is 37.0 Å². The van der Waals surface area contributed by atoms with Crippen LogP contribution in [0.25, 0.3) is 0 Å². The van der Waals surface area contributed by atoms with Crippen LogP contribution in [0.5, 0.6) is 0 Å². The number of halogens is 2. The summed E-state index contributed by atoms with van der Waals surface area (Å²) >= 11 is 12.1. The highest BCUT2D eigenvalue weighted by Crippen LogP contribution is 2.59. The standard InChI is InChI=1S/C21H21Cl2NO2/c22-16-7-3-14(4-8-16)21(15-5-9-17(23)10-6-15)12-19(21)20(25)24-13-18-2-1-11-26-18/h3-10,18-19H,1-2,11-13H2,(H,24,25)/t18-,19+/m1/s1. The van der Waals surface area contributed by atoms with Crippen molar-refractivity contribution in [3.05, 3.63) is 69.7 Å². The summed E-state index contributed by atoms with van der Waals surface area (Å²) in [5, 5.41) is 4.48. The highest BCUT2D eigenvalue weighted by molar-refractivity contribution is 6.30. The van der Waals surface area contributed by atoms with Gasteiger partial charge in [0.05, 0.1) is 12.0 Å². The molecule has 0 aromatic heterocycles. The Labute approximate surface area is 163 Å². The van der Waals surface area contributed by atoms with Crippen LogP contribution < -0.4 is 5.32 Å². The molecule has 4 rings (SSSR count). The lowest BCUT2D eigenvalue weighted by molar-refractivity contribution is -0.123. The van der Waals surface area contributed by atoms with E-state index in [4.69, 9.17) is 27.9 Å². The molecule has 0 unspecified atom stereocenters. The number of hydrogen-bond acceptors (Lipinski definition) is 2. The summed E-state index contributed by atoms with van der Waals surface area (Å²) in [4.78, 5) is 12.8. The monoisotopic (exact) mass is 389 g/mol.